The Balaban J connectivity index is 1.49. The number of fused-ring (bicyclic) bond motifs is 1. The molecule has 1 fully saturated rings. The van der Waals surface area contributed by atoms with E-state index in [1.165, 1.54) is 11.3 Å². The molecule has 4 rings (SSSR count). The third-order valence-electron chi connectivity index (χ3n) is 4.81. The topological polar surface area (TPSA) is 84.9 Å². The van der Waals surface area contributed by atoms with Crippen LogP contribution in [0.2, 0.25) is 0 Å². The molecule has 0 spiro atoms. The van der Waals surface area contributed by atoms with Crippen molar-refractivity contribution >= 4 is 23.2 Å². The number of carbonyl (C=O) groups excluding carboxylic acids is 1. The summed E-state index contributed by atoms with van der Waals surface area (Å²) in [4.78, 5) is 25.3. The summed E-state index contributed by atoms with van der Waals surface area (Å²) >= 11 is 1.38. The second-order valence-corrected chi connectivity index (χ2v) is 7.56. The van der Waals surface area contributed by atoms with Crippen LogP contribution in [0.4, 0.5) is 0 Å². The van der Waals surface area contributed by atoms with Gasteiger partial charge in [-0.15, -0.1) is 11.3 Å². The molecule has 0 radical (unpaired) electrons. The average Bonchev–Trinajstić information content (AvgIpc) is 3.31. The Kier molecular flexibility index (Phi) is 4.55. The first-order chi connectivity index (χ1) is 12.6. The van der Waals surface area contributed by atoms with Gasteiger partial charge in [-0.25, -0.2) is 0 Å². The lowest BCUT2D eigenvalue weighted by Crippen LogP contribution is -2.39. The molecule has 2 heterocycles. The van der Waals surface area contributed by atoms with Crippen LogP contribution in [-0.4, -0.2) is 36.2 Å². The summed E-state index contributed by atoms with van der Waals surface area (Å²) in [6.07, 6.45) is 2.16. The fraction of sp³-hybridized carbons (Fsp3) is 0.368. The summed E-state index contributed by atoms with van der Waals surface area (Å²) in [6.45, 7) is 1.08. The van der Waals surface area contributed by atoms with Gasteiger partial charge < -0.3 is 19.9 Å². The van der Waals surface area contributed by atoms with E-state index in [1.54, 1.807) is 6.07 Å². The highest BCUT2D eigenvalue weighted by molar-refractivity contribution is 7.17. The molecule has 0 unspecified atom stereocenters. The molecule has 1 aromatic heterocycles. The Labute approximate surface area is 154 Å². The fourth-order valence-corrected chi connectivity index (χ4v) is 4.39. The Bertz CT molecular complexity index is 846. The van der Waals surface area contributed by atoms with Gasteiger partial charge in [0.25, 0.3) is 5.91 Å². The summed E-state index contributed by atoms with van der Waals surface area (Å²) < 4.78 is 11.1. The summed E-state index contributed by atoms with van der Waals surface area (Å²) in [5.41, 5.74) is 0.961. The van der Waals surface area contributed by atoms with E-state index in [1.807, 2.05) is 24.3 Å². The van der Waals surface area contributed by atoms with Crippen LogP contribution in [0.5, 0.6) is 11.5 Å². The van der Waals surface area contributed by atoms with E-state index in [2.05, 4.69) is 5.32 Å². The first-order valence-corrected chi connectivity index (χ1v) is 9.47. The van der Waals surface area contributed by atoms with Crippen molar-refractivity contribution in [3.05, 3.63) is 35.2 Å². The van der Waals surface area contributed by atoms with Gasteiger partial charge in [-0.05, 0) is 48.7 Å². The number of carboxylic acid groups (broad SMARTS) is 1. The van der Waals surface area contributed by atoms with Gasteiger partial charge in [0.2, 0.25) is 0 Å². The molecule has 7 heteroatoms. The second-order valence-electron chi connectivity index (χ2n) is 6.48. The maximum absolute atomic E-state index is 12.5. The van der Waals surface area contributed by atoms with Crippen molar-refractivity contribution in [2.24, 2.45) is 5.92 Å². The van der Waals surface area contributed by atoms with Gasteiger partial charge in [0.05, 0.1) is 10.8 Å². The molecule has 2 atom stereocenters. The number of hydrogen-bond acceptors (Lipinski definition) is 5. The molecule has 1 saturated carbocycles. The van der Waals surface area contributed by atoms with Gasteiger partial charge in [-0.3, -0.25) is 9.59 Å². The molecular weight excluding hydrogens is 354 g/mol. The van der Waals surface area contributed by atoms with E-state index in [-0.39, 0.29) is 11.9 Å². The number of carbonyl (C=O) groups is 2. The minimum atomic E-state index is -0.837. The number of hydrogen-bond donors (Lipinski definition) is 2. The number of nitrogens with one attached hydrogen (secondary N) is 1. The van der Waals surface area contributed by atoms with Crippen LogP contribution in [0, 0.1) is 5.92 Å². The first kappa shape index (κ1) is 16.9. The van der Waals surface area contributed by atoms with Crippen LogP contribution in [-0.2, 0) is 4.79 Å². The van der Waals surface area contributed by atoms with Gasteiger partial charge in [-0.1, -0.05) is 6.42 Å². The maximum atomic E-state index is 12.5. The van der Waals surface area contributed by atoms with Gasteiger partial charge in [-0.2, -0.15) is 0 Å². The van der Waals surface area contributed by atoms with E-state index in [9.17, 15) is 14.7 Å². The van der Waals surface area contributed by atoms with Gasteiger partial charge in [0, 0.05) is 10.9 Å². The normalized spacial score (nSPS) is 21.4. The highest BCUT2D eigenvalue weighted by Gasteiger charge is 2.34. The third-order valence-corrected chi connectivity index (χ3v) is 5.94. The number of amides is 1. The van der Waals surface area contributed by atoms with Crippen molar-refractivity contribution in [2.45, 2.75) is 25.3 Å². The highest BCUT2D eigenvalue weighted by atomic mass is 32.1. The molecule has 136 valence electrons. The highest BCUT2D eigenvalue weighted by Crippen LogP contribution is 2.37. The predicted octanol–water partition coefficient (Wildman–Crippen LogP) is 3.17. The van der Waals surface area contributed by atoms with Crippen molar-refractivity contribution in [2.75, 3.05) is 13.2 Å². The minimum Gasteiger partial charge on any atom is -0.486 e. The Morgan fingerprint density at radius 3 is 2.69 bits per heavy atom. The van der Waals surface area contributed by atoms with E-state index >= 15 is 0 Å². The van der Waals surface area contributed by atoms with Gasteiger partial charge in [0.1, 0.15) is 13.2 Å². The van der Waals surface area contributed by atoms with E-state index < -0.39 is 11.9 Å². The molecule has 1 aliphatic carbocycles. The SMILES string of the molecule is O=C(N[C@H]1CCC[C@H]1C(=O)O)c1ccc(-c2ccc3c(c2)OCCO3)s1. The molecule has 1 aliphatic heterocycles. The van der Waals surface area contributed by atoms with Crippen LogP contribution in [0.1, 0.15) is 28.9 Å². The number of aliphatic carboxylic acids is 1. The predicted molar refractivity (Wildman–Crippen MR) is 97.0 cm³/mol. The van der Waals surface area contributed by atoms with Crippen LogP contribution in [0.15, 0.2) is 30.3 Å². The van der Waals surface area contributed by atoms with Crippen molar-refractivity contribution in [1.29, 1.82) is 0 Å². The smallest absolute Gasteiger partial charge is 0.308 e. The van der Waals surface area contributed by atoms with E-state index in [4.69, 9.17) is 9.47 Å². The average molecular weight is 373 g/mol. The molecule has 2 aliphatic rings. The fourth-order valence-electron chi connectivity index (χ4n) is 3.48. The first-order valence-electron chi connectivity index (χ1n) is 8.65. The molecule has 0 saturated heterocycles. The second kappa shape index (κ2) is 6.99. The standard InChI is InChI=1S/C19H19NO5S/c21-18(20-13-3-1-2-12(13)19(22)23)17-7-6-16(26-17)11-4-5-14-15(10-11)25-9-8-24-14/h4-7,10,12-13H,1-3,8-9H2,(H,20,21)(H,22,23)/t12-,13+/m1/s1. The van der Waals surface area contributed by atoms with Crippen molar-refractivity contribution < 1.29 is 24.2 Å². The molecule has 6 nitrogen and oxygen atoms in total. The molecular formula is C19H19NO5S. The number of benzene rings is 1. The molecule has 26 heavy (non-hydrogen) atoms. The summed E-state index contributed by atoms with van der Waals surface area (Å²) in [5, 5.41) is 12.1. The quantitative estimate of drug-likeness (QED) is 0.860. The lowest BCUT2D eigenvalue weighted by atomic mass is 10.0. The molecule has 1 amide bonds. The monoisotopic (exact) mass is 373 g/mol. The Hall–Kier alpha value is -2.54. The Morgan fingerprint density at radius 2 is 1.88 bits per heavy atom. The molecule has 2 aromatic rings. The summed E-state index contributed by atoms with van der Waals surface area (Å²) in [6, 6.07) is 9.11. The minimum absolute atomic E-state index is 0.211. The van der Waals surface area contributed by atoms with E-state index in [0.29, 0.717) is 36.7 Å². The number of carboxylic acids is 1. The van der Waals surface area contributed by atoms with Gasteiger partial charge in [0.15, 0.2) is 11.5 Å². The largest absolute Gasteiger partial charge is 0.486 e. The summed E-state index contributed by atoms with van der Waals surface area (Å²) in [7, 11) is 0. The van der Waals surface area contributed by atoms with Crippen molar-refractivity contribution in [1.82, 2.24) is 5.32 Å². The lowest BCUT2D eigenvalue weighted by Gasteiger charge is -2.18. The molecule has 1 aromatic carbocycles. The zero-order valence-corrected chi connectivity index (χ0v) is 14.9. The lowest BCUT2D eigenvalue weighted by molar-refractivity contribution is -0.142. The van der Waals surface area contributed by atoms with Crippen molar-refractivity contribution in [3.63, 3.8) is 0 Å². The number of thiophene rings is 1. The van der Waals surface area contributed by atoms with Gasteiger partial charge >= 0.3 is 5.97 Å². The van der Waals surface area contributed by atoms with Crippen LogP contribution < -0.4 is 14.8 Å². The number of ether oxygens (including phenoxy) is 2. The van der Waals surface area contributed by atoms with Crippen LogP contribution in [0.3, 0.4) is 0 Å². The Morgan fingerprint density at radius 1 is 1.08 bits per heavy atom. The van der Waals surface area contributed by atoms with Crippen LogP contribution >= 0.6 is 11.3 Å². The third kappa shape index (κ3) is 3.26. The summed E-state index contributed by atoms with van der Waals surface area (Å²) in [5.74, 6) is -0.0945. The molecule has 0 bridgehead atoms. The zero-order valence-electron chi connectivity index (χ0n) is 14.1. The number of rotatable bonds is 4. The van der Waals surface area contributed by atoms with Crippen molar-refractivity contribution in [3.8, 4) is 21.9 Å². The maximum Gasteiger partial charge on any atom is 0.308 e. The molecule has 2 N–H and O–H groups in total. The zero-order chi connectivity index (χ0) is 18.1. The van der Waals surface area contributed by atoms with E-state index in [0.717, 1.165) is 22.6 Å². The van der Waals surface area contributed by atoms with Crippen LogP contribution in [0.25, 0.3) is 10.4 Å².